The molecule has 0 aliphatic heterocycles. The van der Waals surface area contributed by atoms with Crippen LogP contribution in [0.1, 0.15) is 0 Å². The molecule has 2 rings (SSSR count). The Labute approximate surface area is 160 Å². The minimum atomic E-state index is -6.22. The molecule has 0 unspecified atom stereocenters. The summed E-state index contributed by atoms with van der Waals surface area (Å²) in [7, 11) is -3.20. The van der Waals surface area contributed by atoms with Gasteiger partial charge in [-0.05, 0) is 18.2 Å². The van der Waals surface area contributed by atoms with E-state index in [-0.39, 0.29) is 16.3 Å². The number of nitro groups is 1. The highest BCUT2D eigenvalue weighted by Crippen LogP contribution is 2.42. The lowest BCUT2D eigenvalue weighted by atomic mass is 10.0. The van der Waals surface area contributed by atoms with Crippen molar-refractivity contribution in [1.29, 1.82) is 0 Å². The van der Waals surface area contributed by atoms with Gasteiger partial charge in [0.05, 0.1) is 21.2 Å². The minimum Gasteiger partial charge on any atom is -0.375 e. The SMILES string of the molecule is CN(C)c1cc(Cl)c(-c2ccnc(OS(=O)(=O)C(F)(F)F)c2[N+](=O)[O-])cc1F. The third kappa shape index (κ3) is 4.09. The third-order valence-electron chi connectivity index (χ3n) is 3.35. The molecule has 14 heteroatoms. The summed E-state index contributed by atoms with van der Waals surface area (Å²) in [5, 5.41) is 11.2. The topological polar surface area (TPSA) is 103 Å². The number of aromatic nitrogens is 1. The lowest BCUT2D eigenvalue weighted by Crippen LogP contribution is -2.28. The zero-order valence-electron chi connectivity index (χ0n) is 14.0. The molecule has 0 bridgehead atoms. The molecule has 0 aliphatic rings. The Bertz CT molecular complexity index is 1040. The normalized spacial score (nSPS) is 12.0. The molecule has 1 heterocycles. The van der Waals surface area contributed by atoms with Crippen LogP contribution in [0.5, 0.6) is 5.88 Å². The van der Waals surface area contributed by atoms with Crippen molar-refractivity contribution >= 4 is 33.1 Å². The number of nitrogens with zero attached hydrogens (tertiary/aromatic N) is 3. The second-order valence-corrected chi connectivity index (χ2v) is 7.38. The van der Waals surface area contributed by atoms with Gasteiger partial charge in [0.1, 0.15) is 5.82 Å². The molecule has 0 radical (unpaired) electrons. The van der Waals surface area contributed by atoms with Crippen molar-refractivity contribution in [2.45, 2.75) is 5.51 Å². The van der Waals surface area contributed by atoms with Crippen LogP contribution in [-0.2, 0) is 10.1 Å². The van der Waals surface area contributed by atoms with Crippen LogP contribution >= 0.6 is 11.6 Å². The third-order valence-corrected chi connectivity index (χ3v) is 4.61. The van der Waals surface area contributed by atoms with Crippen molar-refractivity contribution in [3.63, 3.8) is 0 Å². The molecule has 0 spiro atoms. The van der Waals surface area contributed by atoms with Gasteiger partial charge in [-0.1, -0.05) is 11.6 Å². The smallest absolute Gasteiger partial charge is 0.375 e. The van der Waals surface area contributed by atoms with Crippen molar-refractivity contribution in [2.24, 2.45) is 0 Å². The van der Waals surface area contributed by atoms with E-state index in [4.69, 9.17) is 11.6 Å². The molecule has 0 atom stereocenters. The number of hydrogen-bond acceptors (Lipinski definition) is 7. The highest BCUT2D eigenvalue weighted by atomic mass is 35.5. The van der Waals surface area contributed by atoms with Crippen LogP contribution < -0.4 is 9.08 Å². The molecular formula is C14H10ClF4N3O5S. The van der Waals surface area contributed by atoms with Crippen molar-refractivity contribution in [2.75, 3.05) is 19.0 Å². The van der Waals surface area contributed by atoms with E-state index in [1.807, 2.05) is 0 Å². The second kappa shape index (κ2) is 7.39. The Morgan fingerprint density at radius 1 is 1.25 bits per heavy atom. The molecule has 1 aromatic carbocycles. The lowest BCUT2D eigenvalue weighted by molar-refractivity contribution is -0.385. The molecular weight excluding hydrogens is 434 g/mol. The lowest BCUT2D eigenvalue weighted by Gasteiger charge is -2.16. The van der Waals surface area contributed by atoms with Gasteiger partial charge in [0.2, 0.25) is 0 Å². The van der Waals surface area contributed by atoms with Crippen LogP contribution in [0.4, 0.5) is 28.9 Å². The number of rotatable bonds is 5. The van der Waals surface area contributed by atoms with Gasteiger partial charge in [0, 0.05) is 25.9 Å². The first-order valence-corrected chi connectivity index (χ1v) is 8.85. The van der Waals surface area contributed by atoms with Crippen LogP contribution in [-0.4, -0.2) is 37.9 Å². The second-order valence-electron chi connectivity index (χ2n) is 5.43. The fourth-order valence-corrected chi connectivity index (χ4v) is 2.81. The number of hydrogen-bond donors (Lipinski definition) is 0. The van der Waals surface area contributed by atoms with Gasteiger partial charge in [-0.25, -0.2) is 9.37 Å². The van der Waals surface area contributed by atoms with E-state index in [0.717, 1.165) is 24.4 Å². The van der Waals surface area contributed by atoms with E-state index < -0.39 is 43.5 Å². The van der Waals surface area contributed by atoms with Crippen LogP contribution in [0, 0.1) is 15.9 Å². The molecule has 0 aliphatic carbocycles. The first-order valence-electron chi connectivity index (χ1n) is 7.07. The summed E-state index contributed by atoms with van der Waals surface area (Å²) in [5.41, 5.74) is -7.78. The quantitative estimate of drug-likeness (QED) is 0.228. The van der Waals surface area contributed by atoms with Crippen LogP contribution in [0.15, 0.2) is 24.4 Å². The van der Waals surface area contributed by atoms with Crippen LogP contribution in [0.3, 0.4) is 0 Å². The number of benzene rings is 1. The van der Waals surface area contributed by atoms with E-state index in [1.165, 1.54) is 19.0 Å². The summed E-state index contributed by atoms with van der Waals surface area (Å²) in [6, 6.07) is 2.92. The molecule has 2 aromatic rings. The molecule has 0 amide bonds. The van der Waals surface area contributed by atoms with Gasteiger partial charge in [-0.2, -0.15) is 21.6 Å². The molecule has 0 N–H and O–H groups in total. The minimum absolute atomic E-state index is 0.0431. The molecule has 152 valence electrons. The predicted octanol–water partition coefficient (Wildman–Crippen LogP) is 3.74. The van der Waals surface area contributed by atoms with Crippen molar-refractivity contribution in [3.05, 3.63) is 45.4 Å². The summed E-state index contributed by atoms with van der Waals surface area (Å²) < 4.78 is 78.0. The molecule has 0 fully saturated rings. The number of halogens is 5. The largest absolute Gasteiger partial charge is 0.534 e. The monoisotopic (exact) mass is 443 g/mol. The fraction of sp³-hybridized carbons (Fsp3) is 0.214. The Hall–Kier alpha value is -2.67. The van der Waals surface area contributed by atoms with E-state index >= 15 is 0 Å². The Balaban J connectivity index is 2.72. The summed E-state index contributed by atoms with van der Waals surface area (Å²) in [6.07, 6.45) is 0.762. The number of anilines is 1. The molecule has 28 heavy (non-hydrogen) atoms. The average Bonchev–Trinajstić information content (AvgIpc) is 2.54. The zero-order valence-corrected chi connectivity index (χ0v) is 15.6. The van der Waals surface area contributed by atoms with E-state index in [0.29, 0.717) is 0 Å². The molecule has 0 saturated carbocycles. The summed E-state index contributed by atoms with van der Waals surface area (Å²) >= 11 is 6.04. The van der Waals surface area contributed by atoms with Gasteiger partial charge in [0.25, 0.3) is 0 Å². The molecule has 1 aromatic heterocycles. The first kappa shape index (κ1) is 21.6. The van der Waals surface area contributed by atoms with Crippen LogP contribution in [0.2, 0.25) is 5.02 Å². The maximum Gasteiger partial charge on any atom is 0.534 e. The zero-order chi connectivity index (χ0) is 21.4. The molecule has 8 nitrogen and oxygen atoms in total. The Morgan fingerprint density at radius 2 is 1.86 bits per heavy atom. The summed E-state index contributed by atoms with van der Waals surface area (Å²) in [4.78, 5) is 14.7. The van der Waals surface area contributed by atoms with E-state index in [9.17, 15) is 36.1 Å². The van der Waals surface area contributed by atoms with Gasteiger partial charge in [-0.3, -0.25) is 10.1 Å². The van der Waals surface area contributed by atoms with Crippen LogP contribution in [0.25, 0.3) is 11.1 Å². The van der Waals surface area contributed by atoms with Crippen molar-refractivity contribution in [3.8, 4) is 17.0 Å². The van der Waals surface area contributed by atoms with E-state index in [1.54, 1.807) is 0 Å². The maximum absolute atomic E-state index is 14.3. The van der Waals surface area contributed by atoms with Crippen molar-refractivity contribution in [1.82, 2.24) is 4.98 Å². The standard InChI is InChI=1S/C14H10ClF4N3O5S/c1-21(2)11-6-9(15)8(5-10(11)16)7-3-4-20-13(12(7)22(23)24)27-28(25,26)14(17,18)19/h3-6H,1-2H3. The van der Waals surface area contributed by atoms with Gasteiger partial charge < -0.3 is 9.08 Å². The summed E-state index contributed by atoms with van der Waals surface area (Å²) in [6.45, 7) is 0. The first-order chi connectivity index (χ1) is 12.8. The van der Waals surface area contributed by atoms with E-state index in [2.05, 4.69) is 9.17 Å². The highest BCUT2D eigenvalue weighted by Gasteiger charge is 2.50. The van der Waals surface area contributed by atoms with Crippen molar-refractivity contribution < 1.29 is 35.1 Å². The predicted molar refractivity (Wildman–Crippen MR) is 91.2 cm³/mol. The summed E-state index contributed by atoms with van der Waals surface area (Å²) in [5.74, 6) is -2.27. The Morgan fingerprint density at radius 3 is 2.36 bits per heavy atom. The molecule has 0 saturated heterocycles. The van der Waals surface area contributed by atoms with Gasteiger partial charge in [-0.15, -0.1) is 0 Å². The Kier molecular flexibility index (Phi) is 5.71. The number of alkyl halides is 3. The maximum atomic E-state index is 14.3. The number of pyridine rings is 1. The van der Waals surface area contributed by atoms with Gasteiger partial charge in [0.15, 0.2) is 0 Å². The highest BCUT2D eigenvalue weighted by molar-refractivity contribution is 7.88. The fourth-order valence-electron chi connectivity index (χ4n) is 2.13. The van der Waals surface area contributed by atoms with Gasteiger partial charge >= 0.3 is 27.2 Å². The average molecular weight is 444 g/mol.